The number of rotatable bonds is 1. The first-order chi connectivity index (χ1) is 13.8. The van der Waals surface area contributed by atoms with Crippen molar-refractivity contribution in [1.29, 1.82) is 0 Å². The van der Waals surface area contributed by atoms with Gasteiger partial charge in [0.1, 0.15) is 0 Å². The predicted molar refractivity (Wildman–Crippen MR) is 111 cm³/mol. The van der Waals surface area contributed by atoms with Gasteiger partial charge in [0, 0.05) is 41.5 Å². The average Bonchev–Trinajstić information content (AvgIpc) is 3.23. The molecule has 0 unspecified atom stereocenters. The number of piperidine rings is 1. The van der Waals surface area contributed by atoms with Crippen LogP contribution in [0, 0.1) is 0 Å². The first kappa shape index (κ1) is 16.8. The maximum atomic E-state index is 11.7. The van der Waals surface area contributed by atoms with Gasteiger partial charge in [-0.15, -0.1) is 0 Å². The second-order valence-electron chi connectivity index (χ2n) is 8.73. The van der Waals surface area contributed by atoms with Gasteiger partial charge in [0.05, 0.1) is 12.1 Å². The number of nitrogens with zero attached hydrogens (tertiary/aromatic N) is 1. The molecule has 2 aromatic carbocycles. The normalized spacial score (nSPS) is 26.5. The Morgan fingerprint density at radius 1 is 1.00 bits per heavy atom. The first-order valence-corrected chi connectivity index (χ1v) is 10.6. The Bertz CT molecular complexity index is 1030. The highest BCUT2D eigenvalue weighted by Crippen LogP contribution is 2.52. The molecule has 0 bridgehead atoms. The van der Waals surface area contributed by atoms with Crippen LogP contribution < -0.4 is 5.32 Å². The summed E-state index contributed by atoms with van der Waals surface area (Å²) in [5.74, 6) is 0. The van der Waals surface area contributed by atoms with E-state index in [2.05, 4.69) is 63.7 Å². The van der Waals surface area contributed by atoms with Crippen molar-refractivity contribution in [2.75, 3.05) is 19.6 Å². The van der Waals surface area contributed by atoms with Crippen molar-refractivity contribution in [3.63, 3.8) is 0 Å². The number of H-pyrrole nitrogens is 1. The van der Waals surface area contributed by atoms with Crippen LogP contribution in [-0.4, -0.2) is 40.7 Å². The molecule has 0 amide bonds. The number of fused-ring (bicyclic) bond motifs is 5. The Balaban J connectivity index is 1.42. The van der Waals surface area contributed by atoms with Crippen LogP contribution in [0.15, 0.2) is 48.5 Å². The van der Waals surface area contributed by atoms with Crippen LogP contribution in [0.2, 0.25) is 0 Å². The molecule has 1 aromatic heterocycles. The van der Waals surface area contributed by atoms with Gasteiger partial charge >= 0.3 is 0 Å². The standard InChI is InChI=1S/C24H27N3O/c28-23-22(17-6-1-3-7-19(17)24(23)10-12-25-13-11-24)27-14-9-21-18(15-27)16-5-2-4-8-20(16)26-21/h1-8,22-23,25-26,28H,9-15H2/t22-,23+/m1/s1. The van der Waals surface area contributed by atoms with Crippen LogP contribution >= 0.6 is 0 Å². The van der Waals surface area contributed by atoms with Gasteiger partial charge < -0.3 is 15.4 Å². The van der Waals surface area contributed by atoms with E-state index in [1.54, 1.807) is 0 Å². The van der Waals surface area contributed by atoms with E-state index in [0.717, 1.165) is 45.4 Å². The molecule has 3 aliphatic rings. The second-order valence-corrected chi connectivity index (χ2v) is 8.73. The Morgan fingerprint density at radius 2 is 1.79 bits per heavy atom. The fraction of sp³-hybridized carbons (Fsp3) is 0.417. The van der Waals surface area contributed by atoms with E-state index in [9.17, 15) is 5.11 Å². The minimum atomic E-state index is -0.334. The number of aliphatic hydroxyl groups is 1. The zero-order chi connectivity index (χ0) is 18.7. The molecule has 1 fully saturated rings. The number of nitrogens with one attached hydrogen (secondary N) is 2. The van der Waals surface area contributed by atoms with Gasteiger partial charge in [-0.25, -0.2) is 0 Å². The highest BCUT2D eigenvalue weighted by molar-refractivity contribution is 5.84. The Hall–Kier alpha value is -2.14. The smallest absolute Gasteiger partial charge is 0.0834 e. The summed E-state index contributed by atoms with van der Waals surface area (Å²) in [6.45, 7) is 3.88. The lowest BCUT2D eigenvalue weighted by atomic mass is 9.72. The number of aromatic amines is 1. The van der Waals surface area contributed by atoms with E-state index in [4.69, 9.17) is 0 Å². The number of hydrogen-bond donors (Lipinski definition) is 3. The molecule has 28 heavy (non-hydrogen) atoms. The van der Waals surface area contributed by atoms with Crippen molar-refractivity contribution in [2.24, 2.45) is 0 Å². The summed E-state index contributed by atoms with van der Waals surface area (Å²) in [7, 11) is 0. The summed E-state index contributed by atoms with van der Waals surface area (Å²) in [4.78, 5) is 6.15. The average molecular weight is 374 g/mol. The molecule has 4 nitrogen and oxygen atoms in total. The third kappa shape index (κ3) is 2.22. The predicted octanol–water partition coefficient (Wildman–Crippen LogP) is 3.26. The molecule has 1 spiro atoms. The van der Waals surface area contributed by atoms with E-state index >= 15 is 0 Å². The van der Waals surface area contributed by atoms with Crippen molar-refractivity contribution < 1.29 is 5.11 Å². The molecule has 1 saturated heterocycles. The summed E-state index contributed by atoms with van der Waals surface area (Å²) >= 11 is 0. The molecule has 144 valence electrons. The number of benzene rings is 2. The fourth-order valence-electron chi connectivity index (χ4n) is 6.10. The lowest BCUT2D eigenvalue weighted by Gasteiger charge is -2.41. The van der Waals surface area contributed by atoms with Crippen LogP contribution in [0.25, 0.3) is 10.9 Å². The molecular weight excluding hydrogens is 346 g/mol. The Labute approximate surface area is 165 Å². The summed E-state index contributed by atoms with van der Waals surface area (Å²) in [6, 6.07) is 17.5. The SMILES string of the molecule is O[C@H]1[C@H](N2CCc3[nH]c4ccccc4c3C2)c2ccccc2C12CCNCC2. The second kappa shape index (κ2) is 6.18. The summed E-state index contributed by atoms with van der Waals surface area (Å²) in [5, 5.41) is 16.5. The van der Waals surface area contributed by atoms with Gasteiger partial charge in [0.15, 0.2) is 0 Å². The van der Waals surface area contributed by atoms with Crippen molar-refractivity contribution in [3.05, 3.63) is 70.9 Å². The largest absolute Gasteiger partial charge is 0.390 e. The minimum Gasteiger partial charge on any atom is -0.390 e. The van der Waals surface area contributed by atoms with Crippen LogP contribution in [0.1, 0.15) is 41.3 Å². The van der Waals surface area contributed by atoms with Gasteiger partial charge in [-0.2, -0.15) is 0 Å². The van der Waals surface area contributed by atoms with Gasteiger partial charge in [-0.3, -0.25) is 4.90 Å². The molecule has 0 saturated carbocycles. The maximum absolute atomic E-state index is 11.7. The molecule has 6 rings (SSSR count). The van der Waals surface area contributed by atoms with E-state index in [-0.39, 0.29) is 17.6 Å². The monoisotopic (exact) mass is 373 g/mol. The number of hydrogen-bond acceptors (Lipinski definition) is 3. The quantitative estimate of drug-likeness (QED) is 0.614. The van der Waals surface area contributed by atoms with Gasteiger partial charge in [-0.1, -0.05) is 42.5 Å². The topological polar surface area (TPSA) is 51.3 Å². The fourth-order valence-corrected chi connectivity index (χ4v) is 6.10. The highest BCUT2D eigenvalue weighted by Gasteiger charge is 2.53. The van der Waals surface area contributed by atoms with Crippen LogP contribution in [0.5, 0.6) is 0 Å². The van der Waals surface area contributed by atoms with Crippen LogP contribution in [-0.2, 0) is 18.4 Å². The summed E-state index contributed by atoms with van der Waals surface area (Å²) in [6.07, 6.45) is 2.73. The zero-order valence-corrected chi connectivity index (χ0v) is 16.1. The van der Waals surface area contributed by atoms with Gasteiger partial charge in [0.25, 0.3) is 0 Å². The zero-order valence-electron chi connectivity index (χ0n) is 16.1. The van der Waals surface area contributed by atoms with Gasteiger partial charge in [-0.05, 0) is 48.7 Å². The highest BCUT2D eigenvalue weighted by atomic mass is 16.3. The molecule has 2 aliphatic heterocycles. The molecule has 1 aliphatic carbocycles. The summed E-state index contributed by atoms with van der Waals surface area (Å²) in [5.41, 5.74) is 6.66. The van der Waals surface area contributed by atoms with Crippen molar-refractivity contribution >= 4 is 10.9 Å². The van der Waals surface area contributed by atoms with Crippen molar-refractivity contribution in [2.45, 2.75) is 43.4 Å². The van der Waals surface area contributed by atoms with Crippen LogP contribution in [0.3, 0.4) is 0 Å². The molecule has 4 heteroatoms. The molecule has 3 aromatic rings. The molecule has 0 radical (unpaired) electrons. The minimum absolute atomic E-state index is 0.0903. The lowest BCUT2D eigenvalue weighted by molar-refractivity contribution is -0.00661. The van der Waals surface area contributed by atoms with E-state index in [0.29, 0.717) is 0 Å². The number of aromatic nitrogens is 1. The first-order valence-electron chi connectivity index (χ1n) is 10.6. The van der Waals surface area contributed by atoms with Crippen LogP contribution in [0.4, 0.5) is 0 Å². The number of aliphatic hydroxyl groups excluding tert-OH is 1. The van der Waals surface area contributed by atoms with E-state index in [1.165, 1.54) is 33.3 Å². The third-order valence-electron chi connectivity index (χ3n) is 7.48. The lowest BCUT2D eigenvalue weighted by Crippen LogP contribution is -2.49. The maximum Gasteiger partial charge on any atom is 0.0834 e. The van der Waals surface area contributed by atoms with E-state index < -0.39 is 0 Å². The van der Waals surface area contributed by atoms with Crippen molar-refractivity contribution in [1.82, 2.24) is 15.2 Å². The molecule has 2 atom stereocenters. The van der Waals surface area contributed by atoms with E-state index in [1.807, 2.05) is 0 Å². The van der Waals surface area contributed by atoms with Gasteiger partial charge in [0.2, 0.25) is 0 Å². The molecule has 3 N–H and O–H groups in total. The Morgan fingerprint density at radius 3 is 2.68 bits per heavy atom. The van der Waals surface area contributed by atoms with Crippen molar-refractivity contribution in [3.8, 4) is 0 Å². The molecule has 3 heterocycles. The third-order valence-corrected chi connectivity index (χ3v) is 7.48. The number of para-hydroxylation sites is 1. The summed E-state index contributed by atoms with van der Waals surface area (Å²) < 4.78 is 0. The molecular formula is C24H27N3O. The Kier molecular flexibility index (Phi) is 3.70.